The summed E-state index contributed by atoms with van der Waals surface area (Å²) in [6.07, 6.45) is 4.70. The first-order valence-corrected chi connectivity index (χ1v) is 5.40. The van der Waals surface area contributed by atoms with Gasteiger partial charge in [0.05, 0.1) is 12.4 Å². The second-order valence-corrected chi connectivity index (χ2v) is 3.72. The molecule has 5 heteroatoms. The SMILES string of the molecule is Nc1cccc[n+]1/C=C/C(=O)c1ccc(F)cc1.[Cl-]. The van der Waals surface area contributed by atoms with Crippen molar-refractivity contribution < 1.29 is 26.2 Å². The van der Waals surface area contributed by atoms with Gasteiger partial charge in [0.1, 0.15) is 5.82 Å². The summed E-state index contributed by atoms with van der Waals surface area (Å²) in [5.41, 5.74) is 6.15. The van der Waals surface area contributed by atoms with E-state index in [-0.39, 0.29) is 24.0 Å². The van der Waals surface area contributed by atoms with Crippen LogP contribution >= 0.6 is 0 Å². The Morgan fingerprint density at radius 1 is 1.16 bits per heavy atom. The summed E-state index contributed by atoms with van der Waals surface area (Å²) in [5, 5.41) is 0. The van der Waals surface area contributed by atoms with Crippen LogP contribution in [0.2, 0.25) is 0 Å². The molecular formula is C14H12ClFN2O. The number of rotatable bonds is 3. The number of hydrogen-bond acceptors (Lipinski definition) is 2. The smallest absolute Gasteiger partial charge is 0.276 e. The molecule has 0 aliphatic carbocycles. The van der Waals surface area contributed by atoms with Crippen LogP contribution in [0.4, 0.5) is 10.2 Å². The number of pyridine rings is 1. The third-order valence-corrected chi connectivity index (χ3v) is 2.44. The van der Waals surface area contributed by atoms with E-state index in [4.69, 9.17) is 5.73 Å². The fourth-order valence-corrected chi connectivity index (χ4v) is 1.46. The monoisotopic (exact) mass is 278 g/mol. The van der Waals surface area contributed by atoms with Crippen molar-refractivity contribution in [2.24, 2.45) is 0 Å². The first-order chi connectivity index (χ1) is 8.66. The maximum atomic E-state index is 12.7. The van der Waals surface area contributed by atoms with Gasteiger partial charge in [-0.15, -0.1) is 0 Å². The van der Waals surface area contributed by atoms with Gasteiger partial charge in [-0.1, -0.05) is 6.07 Å². The molecule has 2 aromatic rings. The van der Waals surface area contributed by atoms with Gasteiger partial charge in [-0.25, -0.2) is 8.96 Å². The average Bonchev–Trinajstić information content (AvgIpc) is 2.38. The Kier molecular flexibility index (Phi) is 5.21. The molecule has 98 valence electrons. The molecule has 0 spiro atoms. The lowest BCUT2D eigenvalue weighted by Crippen LogP contribution is -3.00. The molecule has 0 fully saturated rings. The summed E-state index contributed by atoms with van der Waals surface area (Å²) < 4.78 is 14.3. The molecule has 19 heavy (non-hydrogen) atoms. The Morgan fingerprint density at radius 2 is 1.84 bits per heavy atom. The zero-order valence-corrected chi connectivity index (χ0v) is 10.7. The molecular weight excluding hydrogens is 267 g/mol. The van der Waals surface area contributed by atoms with Crippen molar-refractivity contribution in [3.05, 3.63) is 66.1 Å². The second-order valence-electron chi connectivity index (χ2n) is 3.72. The molecule has 0 amide bonds. The van der Waals surface area contributed by atoms with Gasteiger partial charge in [0.25, 0.3) is 5.82 Å². The molecule has 1 aromatic heterocycles. The summed E-state index contributed by atoms with van der Waals surface area (Å²) in [6.45, 7) is 0. The molecule has 3 nitrogen and oxygen atoms in total. The molecule has 1 aromatic carbocycles. The lowest BCUT2D eigenvalue weighted by molar-refractivity contribution is -0.552. The van der Waals surface area contributed by atoms with Crippen molar-refractivity contribution in [3.63, 3.8) is 0 Å². The van der Waals surface area contributed by atoms with Crippen LogP contribution in [0.25, 0.3) is 6.20 Å². The van der Waals surface area contributed by atoms with Gasteiger partial charge in [-0.2, -0.15) is 0 Å². The normalized spacial score (nSPS) is 10.2. The molecule has 0 radical (unpaired) electrons. The summed E-state index contributed by atoms with van der Waals surface area (Å²) in [5.74, 6) is -0.0383. The summed E-state index contributed by atoms with van der Waals surface area (Å²) in [6, 6.07) is 10.7. The number of halogens is 2. The minimum atomic E-state index is -0.364. The van der Waals surface area contributed by atoms with E-state index in [1.165, 1.54) is 30.3 Å². The first-order valence-electron chi connectivity index (χ1n) is 5.40. The average molecular weight is 279 g/mol. The van der Waals surface area contributed by atoms with E-state index in [0.29, 0.717) is 11.4 Å². The van der Waals surface area contributed by atoms with Crippen LogP contribution < -0.4 is 22.7 Å². The van der Waals surface area contributed by atoms with Crippen LogP contribution in [0.5, 0.6) is 0 Å². The first kappa shape index (κ1) is 14.9. The summed E-state index contributed by atoms with van der Waals surface area (Å²) in [4.78, 5) is 11.8. The van der Waals surface area contributed by atoms with E-state index < -0.39 is 0 Å². The van der Waals surface area contributed by atoms with Crippen LogP contribution in [0.1, 0.15) is 10.4 Å². The van der Waals surface area contributed by atoms with Gasteiger partial charge in [0.15, 0.2) is 5.78 Å². The number of nitrogens with zero attached hydrogens (tertiary/aromatic N) is 1. The van der Waals surface area contributed by atoms with Gasteiger partial charge in [-0.3, -0.25) is 10.5 Å². The molecule has 0 unspecified atom stereocenters. The Bertz CT molecular complexity index is 597. The lowest BCUT2D eigenvalue weighted by Gasteiger charge is -1.96. The Labute approximate surface area is 116 Å². The maximum Gasteiger partial charge on any atom is 0.276 e. The fourth-order valence-electron chi connectivity index (χ4n) is 1.46. The summed E-state index contributed by atoms with van der Waals surface area (Å²) in [7, 11) is 0. The highest BCUT2D eigenvalue weighted by molar-refractivity contribution is 6.05. The van der Waals surface area contributed by atoms with Crippen molar-refractivity contribution in [3.8, 4) is 0 Å². The maximum absolute atomic E-state index is 12.7. The van der Waals surface area contributed by atoms with Crippen molar-refractivity contribution in [2.45, 2.75) is 0 Å². The molecule has 2 rings (SSSR count). The van der Waals surface area contributed by atoms with Crippen molar-refractivity contribution in [2.75, 3.05) is 5.73 Å². The molecule has 0 saturated heterocycles. The van der Waals surface area contributed by atoms with E-state index in [1.54, 1.807) is 23.0 Å². The predicted octanol–water partition coefficient (Wildman–Crippen LogP) is -0.947. The summed E-state index contributed by atoms with van der Waals surface area (Å²) >= 11 is 0. The van der Waals surface area contributed by atoms with Crippen LogP contribution in [-0.2, 0) is 0 Å². The highest BCUT2D eigenvalue weighted by atomic mass is 35.5. The Morgan fingerprint density at radius 3 is 2.47 bits per heavy atom. The highest BCUT2D eigenvalue weighted by Crippen LogP contribution is 2.04. The zero-order chi connectivity index (χ0) is 13.0. The van der Waals surface area contributed by atoms with Crippen LogP contribution in [0.3, 0.4) is 0 Å². The molecule has 1 heterocycles. The number of ketones is 1. The van der Waals surface area contributed by atoms with Gasteiger partial charge in [-0.05, 0) is 30.3 Å². The molecule has 2 N–H and O–H groups in total. The number of nitrogen functional groups attached to an aromatic ring is 1. The third kappa shape index (κ3) is 3.89. The van der Waals surface area contributed by atoms with Crippen molar-refractivity contribution >= 4 is 17.8 Å². The Hall–Kier alpha value is -2.20. The minimum Gasteiger partial charge on any atom is -1.00 e. The lowest BCUT2D eigenvalue weighted by atomic mass is 10.1. The number of carbonyl (C=O) groups is 1. The predicted molar refractivity (Wildman–Crippen MR) is 67.1 cm³/mol. The van der Waals surface area contributed by atoms with E-state index in [0.717, 1.165) is 0 Å². The quantitative estimate of drug-likeness (QED) is 0.447. The Balaban J connectivity index is 0.00000180. The van der Waals surface area contributed by atoms with Gasteiger partial charge in [0.2, 0.25) is 0 Å². The topological polar surface area (TPSA) is 47.0 Å². The van der Waals surface area contributed by atoms with E-state index in [9.17, 15) is 9.18 Å². The number of aromatic nitrogens is 1. The van der Waals surface area contributed by atoms with E-state index >= 15 is 0 Å². The zero-order valence-electron chi connectivity index (χ0n) is 9.96. The number of benzene rings is 1. The standard InChI is InChI=1S/C14H11FN2O.ClH/c15-12-6-4-11(5-7-12)13(18)8-10-17-9-2-1-3-14(17)16;/h1-10,16H;1H/b10-8+;. The number of nitrogens with two attached hydrogens (primary N) is 1. The second kappa shape index (κ2) is 6.66. The number of hydrogen-bond donors (Lipinski definition) is 1. The minimum absolute atomic E-state index is 0. The largest absolute Gasteiger partial charge is 1.00 e. The van der Waals surface area contributed by atoms with E-state index in [1.807, 2.05) is 12.1 Å². The third-order valence-electron chi connectivity index (χ3n) is 2.44. The van der Waals surface area contributed by atoms with Crippen LogP contribution in [0, 0.1) is 5.82 Å². The van der Waals surface area contributed by atoms with E-state index in [2.05, 4.69) is 0 Å². The molecule has 0 aliphatic heterocycles. The molecule has 0 saturated carbocycles. The van der Waals surface area contributed by atoms with Gasteiger partial charge < -0.3 is 12.4 Å². The van der Waals surface area contributed by atoms with Gasteiger partial charge >= 0.3 is 0 Å². The fraction of sp³-hybridized carbons (Fsp3) is 0. The molecule has 0 bridgehead atoms. The molecule has 0 atom stereocenters. The highest BCUT2D eigenvalue weighted by Gasteiger charge is 2.03. The van der Waals surface area contributed by atoms with Crippen LogP contribution in [-0.4, -0.2) is 5.78 Å². The van der Waals surface area contributed by atoms with Crippen LogP contribution in [0.15, 0.2) is 54.7 Å². The number of anilines is 1. The number of allylic oxidation sites excluding steroid dienone is 1. The number of carbonyl (C=O) groups excluding carboxylic acids is 1. The molecule has 0 aliphatic rings. The van der Waals surface area contributed by atoms with Crippen molar-refractivity contribution in [1.82, 2.24) is 0 Å². The van der Waals surface area contributed by atoms with Gasteiger partial charge in [0, 0.05) is 17.7 Å². The van der Waals surface area contributed by atoms with Crippen molar-refractivity contribution in [1.29, 1.82) is 0 Å².